The Balaban J connectivity index is 1.55. The van der Waals surface area contributed by atoms with Gasteiger partial charge in [0.25, 0.3) is 5.91 Å². The lowest BCUT2D eigenvalue weighted by atomic mass is 10.1. The van der Waals surface area contributed by atoms with Gasteiger partial charge < -0.3 is 10.1 Å². The molecule has 0 radical (unpaired) electrons. The largest absolute Gasteiger partial charge is 0.494 e. The van der Waals surface area contributed by atoms with Crippen LogP contribution in [0.5, 0.6) is 5.75 Å². The van der Waals surface area contributed by atoms with Crippen LogP contribution in [-0.4, -0.2) is 30.5 Å². The van der Waals surface area contributed by atoms with Crippen LogP contribution >= 0.6 is 0 Å². The average Bonchev–Trinajstić information content (AvgIpc) is 2.70. The number of benzene rings is 2. The molecule has 144 valence electrons. The van der Waals surface area contributed by atoms with E-state index in [9.17, 15) is 4.79 Å². The molecule has 0 aliphatic carbocycles. The molecule has 1 atom stereocenters. The van der Waals surface area contributed by atoms with Crippen LogP contribution in [0.2, 0.25) is 0 Å². The highest BCUT2D eigenvalue weighted by Crippen LogP contribution is 2.18. The highest BCUT2D eigenvalue weighted by atomic mass is 16.5. The highest BCUT2D eigenvalue weighted by molar-refractivity contribution is 5.94. The summed E-state index contributed by atoms with van der Waals surface area (Å²) in [5, 5.41) is 3.07. The first-order chi connectivity index (χ1) is 13.2. The van der Waals surface area contributed by atoms with E-state index in [4.69, 9.17) is 4.74 Å². The molecule has 1 unspecified atom stereocenters. The summed E-state index contributed by atoms with van der Waals surface area (Å²) in [7, 11) is 0. The maximum Gasteiger partial charge on any atom is 0.251 e. The molecule has 1 fully saturated rings. The number of nitrogens with zero attached hydrogens (tertiary/aromatic N) is 1. The minimum absolute atomic E-state index is 0.0408. The Kier molecular flexibility index (Phi) is 6.88. The number of carbonyl (C=O) groups is 1. The molecule has 1 aliphatic heterocycles. The van der Waals surface area contributed by atoms with Crippen molar-refractivity contribution in [1.82, 2.24) is 10.2 Å². The van der Waals surface area contributed by atoms with Gasteiger partial charge >= 0.3 is 0 Å². The normalized spacial score (nSPS) is 15.9. The predicted molar refractivity (Wildman–Crippen MR) is 109 cm³/mol. The molecule has 4 heteroatoms. The zero-order valence-corrected chi connectivity index (χ0v) is 16.4. The molecule has 1 heterocycles. The molecule has 0 saturated carbocycles. The van der Waals surface area contributed by atoms with Crippen LogP contribution in [0.25, 0.3) is 0 Å². The van der Waals surface area contributed by atoms with E-state index in [-0.39, 0.29) is 11.9 Å². The number of likely N-dealkylation sites (tertiary alicyclic amines) is 1. The fraction of sp³-hybridized carbons (Fsp3) is 0.435. The molecular formula is C23H30N2O2. The quantitative estimate of drug-likeness (QED) is 0.781. The summed E-state index contributed by atoms with van der Waals surface area (Å²) >= 11 is 0. The Hall–Kier alpha value is -2.33. The average molecular weight is 367 g/mol. The second-order valence-corrected chi connectivity index (χ2v) is 7.23. The smallest absolute Gasteiger partial charge is 0.251 e. The molecule has 1 N–H and O–H groups in total. The molecule has 1 saturated heterocycles. The van der Waals surface area contributed by atoms with Gasteiger partial charge in [-0.15, -0.1) is 0 Å². The van der Waals surface area contributed by atoms with E-state index in [0.29, 0.717) is 12.2 Å². The van der Waals surface area contributed by atoms with Crippen molar-refractivity contribution >= 4 is 5.91 Å². The highest BCUT2D eigenvalue weighted by Gasteiger charge is 2.13. The lowest BCUT2D eigenvalue weighted by molar-refractivity contribution is 0.0940. The Morgan fingerprint density at radius 3 is 2.33 bits per heavy atom. The lowest BCUT2D eigenvalue weighted by Gasteiger charge is -2.26. The topological polar surface area (TPSA) is 41.6 Å². The number of piperidine rings is 1. The van der Waals surface area contributed by atoms with E-state index < -0.39 is 0 Å². The van der Waals surface area contributed by atoms with Crippen molar-refractivity contribution < 1.29 is 9.53 Å². The summed E-state index contributed by atoms with van der Waals surface area (Å²) in [6, 6.07) is 15.8. The summed E-state index contributed by atoms with van der Waals surface area (Å²) in [5.74, 6) is 0.810. The van der Waals surface area contributed by atoms with Crippen LogP contribution in [0.4, 0.5) is 0 Å². The fourth-order valence-corrected chi connectivity index (χ4v) is 3.52. The lowest BCUT2D eigenvalue weighted by Crippen LogP contribution is -2.29. The van der Waals surface area contributed by atoms with Gasteiger partial charge in [-0.25, -0.2) is 0 Å². The van der Waals surface area contributed by atoms with Gasteiger partial charge in [0.1, 0.15) is 5.75 Å². The number of rotatable bonds is 7. The van der Waals surface area contributed by atoms with Gasteiger partial charge in [-0.2, -0.15) is 0 Å². The van der Waals surface area contributed by atoms with E-state index in [1.54, 1.807) is 0 Å². The number of hydrogen-bond donors (Lipinski definition) is 1. The Labute approximate surface area is 162 Å². The van der Waals surface area contributed by atoms with Crippen molar-refractivity contribution in [2.75, 3.05) is 19.7 Å². The number of nitrogens with one attached hydrogen (secondary N) is 1. The third-order valence-electron chi connectivity index (χ3n) is 5.11. The molecule has 2 aromatic rings. The number of carbonyl (C=O) groups excluding carboxylic acids is 1. The zero-order chi connectivity index (χ0) is 19.1. The standard InChI is InChI=1S/C23H30N2O2/c1-3-27-22-13-11-20(12-14-22)18(2)24-23(26)21-9-7-19(8-10-21)17-25-15-5-4-6-16-25/h7-14,18H,3-6,15-17H2,1-2H3,(H,24,26). The summed E-state index contributed by atoms with van der Waals surface area (Å²) in [6.07, 6.45) is 3.94. The molecule has 4 nitrogen and oxygen atoms in total. The van der Waals surface area contributed by atoms with Gasteiger partial charge in [0.15, 0.2) is 0 Å². The summed E-state index contributed by atoms with van der Waals surface area (Å²) in [6.45, 7) is 7.96. The van der Waals surface area contributed by atoms with Crippen molar-refractivity contribution in [2.45, 2.75) is 45.7 Å². The second-order valence-electron chi connectivity index (χ2n) is 7.23. The van der Waals surface area contributed by atoms with Crippen molar-refractivity contribution in [1.29, 1.82) is 0 Å². The van der Waals surface area contributed by atoms with Gasteiger partial charge in [0.05, 0.1) is 12.6 Å². The van der Waals surface area contributed by atoms with Crippen LogP contribution in [0.3, 0.4) is 0 Å². The van der Waals surface area contributed by atoms with Crippen LogP contribution in [0.1, 0.15) is 60.6 Å². The van der Waals surface area contributed by atoms with Crippen LogP contribution < -0.4 is 10.1 Å². The Morgan fingerprint density at radius 2 is 1.70 bits per heavy atom. The molecule has 0 spiro atoms. The SMILES string of the molecule is CCOc1ccc(C(C)NC(=O)c2ccc(CN3CCCCC3)cc2)cc1. The first kappa shape index (κ1) is 19.4. The molecular weight excluding hydrogens is 336 g/mol. The molecule has 1 amide bonds. The molecule has 1 aliphatic rings. The third kappa shape index (κ3) is 5.57. The van der Waals surface area contributed by atoms with Crippen molar-refractivity contribution in [3.05, 3.63) is 65.2 Å². The molecule has 2 aromatic carbocycles. The van der Waals surface area contributed by atoms with Gasteiger partial charge in [-0.3, -0.25) is 9.69 Å². The van der Waals surface area contributed by atoms with E-state index >= 15 is 0 Å². The monoisotopic (exact) mass is 366 g/mol. The van der Waals surface area contributed by atoms with Gasteiger partial charge in [-0.1, -0.05) is 30.7 Å². The maximum absolute atomic E-state index is 12.6. The van der Waals surface area contributed by atoms with E-state index in [2.05, 4.69) is 22.3 Å². The number of hydrogen-bond acceptors (Lipinski definition) is 3. The van der Waals surface area contributed by atoms with E-state index in [0.717, 1.165) is 17.9 Å². The van der Waals surface area contributed by atoms with Crippen LogP contribution in [0, 0.1) is 0 Å². The van der Waals surface area contributed by atoms with Crippen molar-refractivity contribution in [2.24, 2.45) is 0 Å². The first-order valence-corrected chi connectivity index (χ1v) is 10.0. The number of ether oxygens (including phenoxy) is 1. The Morgan fingerprint density at radius 1 is 1.04 bits per heavy atom. The van der Waals surface area contributed by atoms with E-state index in [1.165, 1.54) is 37.9 Å². The minimum atomic E-state index is -0.0544. The fourth-order valence-electron chi connectivity index (χ4n) is 3.52. The second kappa shape index (κ2) is 9.56. The molecule has 3 rings (SSSR count). The summed E-state index contributed by atoms with van der Waals surface area (Å²) < 4.78 is 5.47. The predicted octanol–water partition coefficient (Wildman–Crippen LogP) is 4.56. The van der Waals surface area contributed by atoms with Crippen LogP contribution in [0.15, 0.2) is 48.5 Å². The Bertz CT molecular complexity index is 719. The molecule has 0 aromatic heterocycles. The first-order valence-electron chi connectivity index (χ1n) is 10.0. The van der Waals surface area contributed by atoms with Crippen LogP contribution in [-0.2, 0) is 6.54 Å². The van der Waals surface area contributed by atoms with Crippen molar-refractivity contribution in [3.8, 4) is 5.75 Å². The number of amides is 1. The van der Waals surface area contributed by atoms with Gasteiger partial charge in [0.2, 0.25) is 0 Å². The zero-order valence-electron chi connectivity index (χ0n) is 16.4. The molecule has 27 heavy (non-hydrogen) atoms. The maximum atomic E-state index is 12.6. The minimum Gasteiger partial charge on any atom is -0.494 e. The third-order valence-corrected chi connectivity index (χ3v) is 5.11. The van der Waals surface area contributed by atoms with E-state index in [1.807, 2.05) is 50.2 Å². The van der Waals surface area contributed by atoms with Crippen molar-refractivity contribution in [3.63, 3.8) is 0 Å². The summed E-state index contributed by atoms with van der Waals surface area (Å²) in [4.78, 5) is 15.0. The summed E-state index contributed by atoms with van der Waals surface area (Å²) in [5.41, 5.74) is 3.04. The molecule has 0 bridgehead atoms. The van der Waals surface area contributed by atoms with Gasteiger partial charge in [-0.05, 0) is 75.2 Å². The van der Waals surface area contributed by atoms with Gasteiger partial charge in [0, 0.05) is 12.1 Å².